The average Bonchev–Trinajstić information content (AvgIpc) is 3.23. The van der Waals surface area contributed by atoms with E-state index >= 15 is 0 Å². The third-order valence-corrected chi connectivity index (χ3v) is 5.49. The van der Waals surface area contributed by atoms with E-state index in [9.17, 15) is 0 Å². The van der Waals surface area contributed by atoms with Crippen molar-refractivity contribution in [2.45, 2.75) is 32.2 Å². The van der Waals surface area contributed by atoms with Crippen LogP contribution < -0.4 is 4.90 Å². The van der Waals surface area contributed by atoms with Gasteiger partial charge in [-0.3, -0.25) is 4.68 Å². The first-order valence-corrected chi connectivity index (χ1v) is 8.64. The lowest BCUT2D eigenvalue weighted by molar-refractivity contribution is 0.375. The summed E-state index contributed by atoms with van der Waals surface area (Å²) in [7, 11) is 0. The molecule has 1 unspecified atom stereocenters. The third-order valence-electron chi connectivity index (χ3n) is 4.30. The normalized spacial score (nSPS) is 19.0. The van der Waals surface area contributed by atoms with Crippen LogP contribution in [-0.4, -0.2) is 32.8 Å². The molecule has 1 atom stereocenters. The Bertz CT molecular complexity index is 764. The first-order valence-electron chi connectivity index (χ1n) is 7.82. The highest BCUT2D eigenvalue weighted by molar-refractivity contribution is 7.18. The number of fused-ring (bicyclic) bond motifs is 1. The van der Waals surface area contributed by atoms with Gasteiger partial charge in [-0.2, -0.15) is 5.10 Å². The summed E-state index contributed by atoms with van der Waals surface area (Å²) in [6.45, 7) is 4.21. The molecule has 0 N–H and O–H groups in total. The van der Waals surface area contributed by atoms with E-state index in [2.05, 4.69) is 43.8 Å². The van der Waals surface area contributed by atoms with Crippen LogP contribution in [-0.2, 0) is 6.42 Å². The van der Waals surface area contributed by atoms with E-state index in [0.717, 1.165) is 30.2 Å². The maximum Gasteiger partial charge on any atom is 0.140 e. The van der Waals surface area contributed by atoms with Gasteiger partial charge in [-0.25, -0.2) is 9.97 Å². The molecule has 0 saturated carbocycles. The SMILES string of the molecule is CCc1cc2c(N3CCCC(n4cccn4)C3)ncnc2s1. The highest BCUT2D eigenvalue weighted by Gasteiger charge is 2.24. The highest BCUT2D eigenvalue weighted by Crippen LogP contribution is 2.33. The van der Waals surface area contributed by atoms with Gasteiger partial charge in [0.2, 0.25) is 0 Å². The van der Waals surface area contributed by atoms with Crippen LogP contribution in [0.5, 0.6) is 0 Å². The quantitative estimate of drug-likeness (QED) is 0.744. The number of rotatable bonds is 3. The van der Waals surface area contributed by atoms with Crippen LogP contribution in [0.25, 0.3) is 10.2 Å². The second-order valence-electron chi connectivity index (χ2n) is 5.71. The number of hydrogen-bond donors (Lipinski definition) is 0. The molecule has 1 fully saturated rings. The van der Waals surface area contributed by atoms with Gasteiger partial charge in [0.15, 0.2) is 0 Å². The van der Waals surface area contributed by atoms with Crippen molar-refractivity contribution in [2.75, 3.05) is 18.0 Å². The van der Waals surface area contributed by atoms with Gasteiger partial charge in [0.05, 0.1) is 11.4 Å². The lowest BCUT2D eigenvalue weighted by Crippen LogP contribution is -2.37. The molecular formula is C16H19N5S. The van der Waals surface area contributed by atoms with Crippen LogP contribution in [0.4, 0.5) is 5.82 Å². The van der Waals surface area contributed by atoms with Crippen molar-refractivity contribution in [3.63, 3.8) is 0 Å². The standard InChI is InChI=1S/C16H19N5S/c1-2-13-9-14-15(17-11-18-16(14)22-13)20-7-3-5-12(10-20)21-8-4-6-19-21/h4,6,8-9,11-12H,2-3,5,7,10H2,1H3. The van der Waals surface area contributed by atoms with Gasteiger partial charge in [0.1, 0.15) is 17.0 Å². The zero-order valence-corrected chi connectivity index (χ0v) is 13.5. The fourth-order valence-corrected chi connectivity index (χ4v) is 4.11. The minimum Gasteiger partial charge on any atom is -0.354 e. The van der Waals surface area contributed by atoms with Crippen molar-refractivity contribution in [2.24, 2.45) is 0 Å². The third kappa shape index (κ3) is 2.37. The first kappa shape index (κ1) is 13.7. The molecule has 0 aromatic carbocycles. The largest absolute Gasteiger partial charge is 0.354 e. The van der Waals surface area contributed by atoms with E-state index in [1.807, 2.05) is 12.3 Å². The number of hydrogen-bond acceptors (Lipinski definition) is 5. The molecule has 22 heavy (non-hydrogen) atoms. The minimum atomic E-state index is 0.429. The van der Waals surface area contributed by atoms with Crippen molar-refractivity contribution in [3.05, 3.63) is 35.7 Å². The van der Waals surface area contributed by atoms with Crippen LogP contribution in [0.2, 0.25) is 0 Å². The Kier molecular flexibility index (Phi) is 3.54. The summed E-state index contributed by atoms with van der Waals surface area (Å²) in [5.41, 5.74) is 0. The Labute approximate surface area is 133 Å². The Morgan fingerprint density at radius 1 is 1.36 bits per heavy atom. The van der Waals surface area contributed by atoms with Gasteiger partial charge in [0.25, 0.3) is 0 Å². The zero-order valence-electron chi connectivity index (χ0n) is 12.6. The van der Waals surface area contributed by atoms with Crippen LogP contribution in [0, 0.1) is 0 Å². The number of nitrogens with zero attached hydrogens (tertiary/aromatic N) is 5. The Hall–Kier alpha value is -1.95. The van der Waals surface area contributed by atoms with Crippen molar-refractivity contribution in [1.29, 1.82) is 0 Å². The summed E-state index contributed by atoms with van der Waals surface area (Å²) in [5.74, 6) is 1.08. The molecule has 3 aromatic rings. The molecule has 4 heterocycles. The molecule has 0 bridgehead atoms. The van der Waals surface area contributed by atoms with Crippen LogP contribution in [0.1, 0.15) is 30.7 Å². The van der Waals surface area contributed by atoms with Crippen molar-refractivity contribution >= 4 is 27.4 Å². The molecule has 0 spiro atoms. The van der Waals surface area contributed by atoms with E-state index in [-0.39, 0.29) is 0 Å². The van der Waals surface area contributed by atoms with Crippen LogP contribution >= 0.6 is 11.3 Å². The Morgan fingerprint density at radius 2 is 2.32 bits per heavy atom. The van der Waals surface area contributed by atoms with Gasteiger partial charge in [-0.1, -0.05) is 6.92 Å². The van der Waals surface area contributed by atoms with Crippen molar-refractivity contribution < 1.29 is 0 Å². The van der Waals surface area contributed by atoms with E-state index in [1.54, 1.807) is 17.7 Å². The van der Waals surface area contributed by atoms with Crippen LogP contribution in [0.15, 0.2) is 30.9 Å². The van der Waals surface area contributed by atoms with E-state index < -0.39 is 0 Å². The second kappa shape index (κ2) is 5.68. The summed E-state index contributed by atoms with van der Waals surface area (Å²) in [6, 6.07) is 4.68. The second-order valence-corrected chi connectivity index (χ2v) is 6.83. The topological polar surface area (TPSA) is 46.8 Å². The number of thiophene rings is 1. The van der Waals surface area contributed by atoms with Crippen molar-refractivity contribution in [1.82, 2.24) is 19.7 Å². The monoisotopic (exact) mass is 313 g/mol. The summed E-state index contributed by atoms with van der Waals surface area (Å²) < 4.78 is 2.08. The fraction of sp³-hybridized carbons (Fsp3) is 0.438. The van der Waals surface area contributed by atoms with E-state index in [4.69, 9.17) is 0 Å². The highest BCUT2D eigenvalue weighted by atomic mass is 32.1. The summed E-state index contributed by atoms with van der Waals surface area (Å²) in [4.78, 5) is 13.9. The lowest BCUT2D eigenvalue weighted by Gasteiger charge is -2.33. The maximum absolute atomic E-state index is 4.59. The smallest absolute Gasteiger partial charge is 0.140 e. The Balaban J connectivity index is 1.67. The fourth-order valence-electron chi connectivity index (χ4n) is 3.18. The van der Waals surface area contributed by atoms with Gasteiger partial charge < -0.3 is 4.90 Å². The average molecular weight is 313 g/mol. The lowest BCUT2D eigenvalue weighted by atomic mass is 10.1. The number of anilines is 1. The number of piperidine rings is 1. The maximum atomic E-state index is 4.59. The number of aryl methyl sites for hydroxylation is 1. The molecule has 1 aliphatic rings. The van der Waals surface area contributed by atoms with Crippen molar-refractivity contribution in [3.8, 4) is 0 Å². The van der Waals surface area contributed by atoms with Gasteiger partial charge in [-0.05, 0) is 31.4 Å². The number of aromatic nitrogens is 4. The predicted octanol–water partition coefficient (Wildman–Crippen LogP) is 3.29. The first-order chi connectivity index (χ1) is 10.8. The molecule has 4 rings (SSSR count). The van der Waals surface area contributed by atoms with Gasteiger partial charge in [-0.15, -0.1) is 11.3 Å². The molecule has 6 heteroatoms. The zero-order chi connectivity index (χ0) is 14.9. The van der Waals surface area contributed by atoms with E-state index in [0.29, 0.717) is 6.04 Å². The van der Waals surface area contributed by atoms with Gasteiger partial charge in [0, 0.05) is 30.4 Å². The molecule has 114 valence electrons. The minimum absolute atomic E-state index is 0.429. The predicted molar refractivity (Wildman–Crippen MR) is 89.5 cm³/mol. The molecular weight excluding hydrogens is 294 g/mol. The molecule has 0 amide bonds. The molecule has 1 aliphatic heterocycles. The summed E-state index contributed by atoms with van der Waals surface area (Å²) in [6.07, 6.45) is 9.01. The summed E-state index contributed by atoms with van der Waals surface area (Å²) >= 11 is 1.78. The molecule has 3 aromatic heterocycles. The molecule has 1 saturated heterocycles. The molecule has 0 radical (unpaired) electrons. The molecule has 5 nitrogen and oxygen atoms in total. The van der Waals surface area contributed by atoms with E-state index in [1.165, 1.54) is 23.1 Å². The summed E-state index contributed by atoms with van der Waals surface area (Å²) in [5, 5.41) is 5.61. The van der Waals surface area contributed by atoms with Gasteiger partial charge >= 0.3 is 0 Å². The Morgan fingerprint density at radius 3 is 3.14 bits per heavy atom. The molecule has 0 aliphatic carbocycles. The van der Waals surface area contributed by atoms with Crippen LogP contribution in [0.3, 0.4) is 0 Å².